The summed E-state index contributed by atoms with van der Waals surface area (Å²) in [7, 11) is 3.35. The third-order valence-corrected chi connectivity index (χ3v) is 4.19. The van der Waals surface area contributed by atoms with Crippen molar-refractivity contribution in [3.8, 4) is 11.5 Å². The second-order valence-electron chi connectivity index (χ2n) is 6.21. The number of hydrogen-bond acceptors (Lipinski definition) is 4. The highest BCUT2D eigenvalue weighted by Gasteiger charge is 2.27. The number of methoxy groups -OCH3 is 2. The lowest BCUT2D eigenvalue weighted by molar-refractivity contribution is 0.199. The molecule has 0 aromatic heterocycles. The molecule has 1 atom stereocenters. The summed E-state index contributed by atoms with van der Waals surface area (Å²) in [6, 6.07) is 6.25. The van der Waals surface area contributed by atoms with E-state index in [9.17, 15) is 0 Å². The lowest BCUT2D eigenvalue weighted by Gasteiger charge is -2.30. The van der Waals surface area contributed by atoms with E-state index in [1.807, 2.05) is 18.2 Å². The van der Waals surface area contributed by atoms with Crippen molar-refractivity contribution in [1.82, 2.24) is 4.90 Å². The van der Waals surface area contributed by atoms with Crippen molar-refractivity contribution in [3.63, 3.8) is 0 Å². The molecule has 1 unspecified atom stereocenters. The van der Waals surface area contributed by atoms with Gasteiger partial charge in [-0.2, -0.15) is 0 Å². The highest BCUT2D eigenvalue weighted by molar-refractivity contribution is 5.42. The topological polar surface area (TPSA) is 47.7 Å². The van der Waals surface area contributed by atoms with Crippen LogP contribution in [-0.4, -0.2) is 38.3 Å². The average Bonchev–Trinajstić information content (AvgIpc) is 3.29. The van der Waals surface area contributed by atoms with Crippen molar-refractivity contribution in [1.29, 1.82) is 0 Å². The van der Waals surface area contributed by atoms with Gasteiger partial charge in [0.25, 0.3) is 0 Å². The number of ether oxygens (including phenoxy) is 2. The van der Waals surface area contributed by atoms with Crippen molar-refractivity contribution >= 4 is 0 Å². The van der Waals surface area contributed by atoms with E-state index in [0.29, 0.717) is 6.04 Å². The monoisotopic (exact) mass is 292 g/mol. The molecule has 2 N–H and O–H groups in total. The van der Waals surface area contributed by atoms with Crippen LogP contribution in [0.4, 0.5) is 0 Å². The van der Waals surface area contributed by atoms with Crippen molar-refractivity contribution in [2.45, 2.75) is 38.8 Å². The van der Waals surface area contributed by atoms with Gasteiger partial charge < -0.3 is 15.2 Å². The van der Waals surface area contributed by atoms with Crippen LogP contribution in [0.15, 0.2) is 18.2 Å². The molecule has 0 amide bonds. The Morgan fingerprint density at radius 3 is 2.48 bits per heavy atom. The van der Waals surface area contributed by atoms with Gasteiger partial charge in [-0.3, -0.25) is 4.90 Å². The van der Waals surface area contributed by atoms with Crippen LogP contribution >= 0.6 is 0 Å². The Balaban J connectivity index is 2.11. The third kappa shape index (κ3) is 4.35. The Kier molecular flexibility index (Phi) is 5.48. The molecule has 0 heterocycles. The summed E-state index contributed by atoms with van der Waals surface area (Å²) in [5, 5.41) is 0. The van der Waals surface area contributed by atoms with Crippen LogP contribution < -0.4 is 15.2 Å². The Labute approximate surface area is 128 Å². The highest BCUT2D eigenvalue weighted by atomic mass is 16.5. The number of benzene rings is 1. The van der Waals surface area contributed by atoms with Crippen molar-refractivity contribution < 1.29 is 9.47 Å². The molecule has 2 rings (SSSR count). The minimum atomic E-state index is -0.0730. The first-order valence-electron chi connectivity index (χ1n) is 7.76. The summed E-state index contributed by atoms with van der Waals surface area (Å²) in [5.41, 5.74) is 7.46. The largest absolute Gasteiger partial charge is 0.497 e. The van der Waals surface area contributed by atoms with E-state index >= 15 is 0 Å². The Morgan fingerprint density at radius 1 is 1.24 bits per heavy atom. The van der Waals surface area contributed by atoms with Crippen molar-refractivity contribution in [3.05, 3.63) is 23.8 Å². The van der Waals surface area contributed by atoms with Crippen molar-refractivity contribution in [2.24, 2.45) is 11.7 Å². The Hall–Kier alpha value is -1.26. The fourth-order valence-electron chi connectivity index (χ4n) is 2.61. The smallest absolute Gasteiger partial charge is 0.123 e. The first kappa shape index (κ1) is 16.1. The maximum Gasteiger partial charge on any atom is 0.123 e. The third-order valence-electron chi connectivity index (χ3n) is 4.19. The molecule has 1 aliphatic carbocycles. The maximum atomic E-state index is 6.45. The quantitative estimate of drug-likeness (QED) is 0.800. The van der Waals surface area contributed by atoms with E-state index in [1.165, 1.54) is 12.8 Å². The van der Waals surface area contributed by atoms with Crippen LogP contribution in [0.1, 0.15) is 38.3 Å². The predicted octanol–water partition coefficient (Wildman–Crippen LogP) is 2.82. The van der Waals surface area contributed by atoms with E-state index in [4.69, 9.17) is 15.2 Å². The van der Waals surface area contributed by atoms with E-state index in [-0.39, 0.29) is 6.04 Å². The molecule has 0 saturated heterocycles. The molecule has 0 radical (unpaired) electrons. The summed E-state index contributed by atoms with van der Waals surface area (Å²) < 4.78 is 10.8. The van der Waals surface area contributed by atoms with Gasteiger partial charge in [-0.1, -0.05) is 0 Å². The molecule has 0 aliphatic heterocycles. The molecular weight excluding hydrogens is 264 g/mol. The van der Waals surface area contributed by atoms with Gasteiger partial charge >= 0.3 is 0 Å². The zero-order valence-electron chi connectivity index (χ0n) is 13.6. The minimum Gasteiger partial charge on any atom is -0.497 e. The molecule has 0 bridgehead atoms. The van der Waals surface area contributed by atoms with Crippen LogP contribution in [0.3, 0.4) is 0 Å². The second kappa shape index (κ2) is 7.14. The Morgan fingerprint density at radius 2 is 1.95 bits per heavy atom. The number of nitrogens with zero attached hydrogens (tertiary/aromatic N) is 1. The maximum absolute atomic E-state index is 6.45. The summed E-state index contributed by atoms with van der Waals surface area (Å²) in [5.74, 6) is 2.52. The molecule has 1 aromatic carbocycles. The number of hydrogen-bond donors (Lipinski definition) is 1. The number of nitrogens with two attached hydrogens (primary N) is 1. The molecule has 21 heavy (non-hydrogen) atoms. The van der Waals surface area contributed by atoms with Crippen LogP contribution in [0, 0.1) is 5.92 Å². The van der Waals surface area contributed by atoms with Gasteiger partial charge in [-0.05, 0) is 50.8 Å². The van der Waals surface area contributed by atoms with Gasteiger partial charge in [0.05, 0.1) is 14.2 Å². The molecule has 4 heteroatoms. The van der Waals surface area contributed by atoms with Crippen LogP contribution in [-0.2, 0) is 0 Å². The fraction of sp³-hybridized carbons (Fsp3) is 0.647. The minimum absolute atomic E-state index is 0.0730. The summed E-state index contributed by atoms with van der Waals surface area (Å²) in [6.45, 7) is 6.46. The molecule has 118 valence electrons. The lowest BCUT2D eigenvalue weighted by Crippen LogP contribution is -2.38. The van der Waals surface area contributed by atoms with Gasteiger partial charge in [0.1, 0.15) is 11.5 Å². The normalized spacial score (nSPS) is 16.3. The van der Waals surface area contributed by atoms with Crippen LogP contribution in [0.25, 0.3) is 0 Å². The average molecular weight is 292 g/mol. The first-order valence-corrected chi connectivity index (χ1v) is 7.76. The van der Waals surface area contributed by atoms with Gasteiger partial charge in [0.2, 0.25) is 0 Å². The summed E-state index contributed by atoms with van der Waals surface area (Å²) >= 11 is 0. The Bertz CT molecular complexity index is 458. The van der Waals surface area contributed by atoms with Gasteiger partial charge in [0, 0.05) is 30.7 Å². The van der Waals surface area contributed by atoms with E-state index in [2.05, 4.69) is 18.7 Å². The van der Waals surface area contributed by atoms with Crippen LogP contribution in [0.5, 0.6) is 11.5 Å². The van der Waals surface area contributed by atoms with Crippen molar-refractivity contribution in [2.75, 3.05) is 27.3 Å². The molecule has 0 spiro atoms. The summed E-state index contributed by atoms with van der Waals surface area (Å²) in [6.07, 6.45) is 2.72. The molecule has 1 aliphatic rings. The first-order chi connectivity index (χ1) is 10.0. The predicted molar refractivity (Wildman–Crippen MR) is 85.9 cm³/mol. The summed E-state index contributed by atoms with van der Waals surface area (Å²) in [4.78, 5) is 2.47. The molecular formula is C17H28N2O2. The zero-order valence-corrected chi connectivity index (χ0v) is 13.6. The fourth-order valence-corrected chi connectivity index (χ4v) is 2.61. The number of rotatable bonds is 8. The molecule has 1 saturated carbocycles. The SMILES string of the molecule is COc1ccc(OC)c(C(N)CN(CC2CC2)C(C)C)c1. The van der Waals surface area contributed by atoms with Crippen LogP contribution in [0.2, 0.25) is 0 Å². The molecule has 4 nitrogen and oxygen atoms in total. The van der Waals surface area contributed by atoms with Gasteiger partial charge in [0.15, 0.2) is 0 Å². The van der Waals surface area contributed by atoms with Gasteiger partial charge in [-0.25, -0.2) is 0 Å². The molecule has 1 fully saturated rings. The zero-order chi connectivity index (χ0) is 15.4. The molecule has 1 aromatic rings. The second-order valence-corrected chi connectivity index (χ2v) is 6.21. The lowest BCUT2D eigenvalue weighted by atomic mass is 10.0. The standard InChI is InChI=1S/C17H28N2O2/c1-12(2)19(10-13-5-6-13)11-16(18)15-9-14(20-3)7-8-17(15)21-4/h7-9,12-13,16H,5-6,10-11,18H2,1-4H3. The highest BCUT2D eigenvalue weighted by Crippen LogP contribution is 2.32. The van der Waals surface area contributed by atoms with E-state index < -0.39 is 0 Å². The van der Waals surface area contributed by atoms with Gasteiger partial charge in [-0.15, -0.1) is 0 Å². The van der Waals surface area contributed by atoms with E-state index in [1.54, 1.807) is 14.2 Å². The van der Waals surface area contributed by atoms with E-state index in [0.717, 1.165) is 36.1 Å².